The highest BCUT2D eigenvalue weighted by Crippen LogP contribution is 2.13. The molecule has 0 fully saturated rings. The van der Waals surface area contributed by atoms with Crippen molar-refractivity contribution >= 4 is 11.9 Å². The molecule has 1 aliphatic rings. The first-order valence-corrected chi connectivity index (χ1v) is 7.11. The minimum Gasteiger partial charge on any atom is -0.444 e. The number of H-pyrrole nitrogens is 1. The second-order valence-electron chi connectivity index (χ2n) is 6.13. The fraction of sp³-hybridized carbons (Fsp3) is 0.643. The molecule has 21 heavy (non-hydrogen) atoms. The molecular weight excluding hydrogens is 270 g/mol. The Bertz CT molecular complexity index is 504. The Kier molecular flexibility index (Phi) is 4.50. The maximum absolute atomic E-state index is 12.1. The topological polar surface area (TPSA) is 82.6 Å². The van der Waals surface area contributed by atoms with E-state index >= 15 is 0 Å². The number of aromatic nitrogens is 2. The molecule has 0 saturated heterocycles. The van der Waals surface area contributed by atoms with Gasteiger partial charge in [-0.1, -0.05) is 0 Å². The molecule has 0 saturated carbocycles. The first-order chi connectivity index (χ1) is 9.85. The SMILES string of the molecule is CC(NC1=NCCN(C(=O)OC(C)(C)C)C1)c1cn[nH]c1. The molecule has 1 aliphatic heterocycles. The van der Waals surface area contributed by atoms with E-state index in [9.17, 15) is 4.79 Å². The van der Waals surface area contributed by atoms with E-state index in [1.54, 1.807) is 11.1 Å². The Hall–Kier alpha value is -2.05. The van der Waals surface area contributed by atoms with Gasteiger partial charge in [-0.05, 0) is 27.7 Å². The molecule has 7 heteroatoms. The third kappa shape index (κ3) is 4.47. The van der Waals surface area contributed by atoms with E-state index in [1.807, 2.05) is 33.9 Å². The standard InChI is InChI=1S/C14H23N5O2/c1-10(11-7-16-17-8-11)18-12-9-19(6-5-15-12)13(20)21-14(2,3)4/h7-8,10H,5-6,9H2,1-4H3,(H,15,18)(H,16,17). The van der Waals surface area contributed by atoms with Crippen molar-refractivity contribution < 1.29 is 9.53 Å². The third-order valence-electron chi connectivity index (χ3n) is 3.07. The summed E-state index contributed by atoms with van der Waals surface area (Å²) in [7, 11) is 0. The summed E-state index contributed by atoms with van der Waals surface area (Å²) in [6, 6.07) is 0.0843. The lowest BCUT2D eigenvalue weighted by Gasteiger charge is -2.30. The van der Waals surface area contributed by atoms with Gasteiger partial charge in [-0.25, -0.2) is 4.79 Å². The summed E-state index contributed by atoms with van der Waals surface area (Å²) in [6.07, 6.45) is 3.31. The molecule has 2 N–H and O–H groups in total. The maximum Gasteiger partial charge on any atom is 0.410 e. The molecule has 1 atom stereocenters. The van der Waals surface area contributed by atoms with Gasteiger partial charge in [0.25, 0.3) is 0 Å². The smallest absolute Gasteiger partial charge is 0.410 e. The fourth-order valence-corrected chi connectivity index (χ4v) is 2.02. The second-order valence-corrected chi connectivity index (χ2v) is 6.13. The number of amides is 1. The van der Waals surface area contributed by atoms with Crippen molar-refractivity contribution in [3.63, 3.8) is 0 Å². The molecule has 1 aromatic rings. The van der Waals surface area contributed by atoms with Gasteiger partial charge < -0.3 is 10.1 Å². The van der Waals surface area contributed by atoms with Crippen LogP contribution >= 0.6 is 0 Å². The van der Waals surface area contributed by atoms with Gasteiger partial charge >= 0.3 is 6.09 Å². The number of aromatic amines is 1. The summed E-state index contributed by atoms with van der Waals surface area (Å²) in [5.74, 6) is 0.792. The van der Waals surface area contributed by atoms with Crippen LogP contribution in [-0.2, 0) is 4.74 Å². The number of hydrogen-bond acceptors (Lipinski definition) is 5. The van der Waals surface area contributed by atoms with Gasteiger partial charge in [-0.2, -0.15) is 5.10 Å². The third-order valence-corrected chi connectivity index (χ3v) is 3.07. The molecule has 0 spiro atoms. The van der Waals surface area contributed by atoms with Gasteiger partial charge in [0.2, 0.25) is 0 Å². The lowest BCUT2D eigenvalue weighted by Crippen LogP contribution is -2.47. The Labute approximate surface area is 124 Å². The summed E-state index contributed by atoms with van der Waals surface area (Å²) in [5.41, 5.74) is 0.565. The maximum atomic E-state index is 12.1. The van der Waals surface area contributed by atoms with Crippen molar-refractivity contribution in [3.8, 4) is 0 Å². The number of nitrogens with zero attached hydrogens (tertiary/aromatic N) is 3. The number of nitrogens with one attached hydrogen (secondary N) is 2. The molecule has 7 nitrogen and oxygen atoms in total. The second kappa shape index (κ2) is 6.15. The van der Waals surface area contributed by atoms with Crippen LogP contribution < -0.4 is 5.32 Å². The summed E-state index contributed by atoms with van der Waals surface area (Å²) in [5, 5.41) is 10.0. The van der Waals surface area contributed by atoms with Crippen LogP contribution in [0.2, 0.25) is 0 Å². The number of carbonyl (C=O) groups excluding carboxylic acids is 1. The van der Waals surface area contributed by atoms with E-state index in [1.165, 1.54) is 0 Å². The highest BCUT2D eigenvalue weighted by atomic mass is 16.6. The van der Waals surface area contributed by atoms with E-state index in [2.05, 4.69) is 20.5 Å². The van der Waals surface area contributed by atoms with E-state index in [0.717, 1.165) is 11.4 Å². The number of hydrogen-bond donors (Lipinski definition) is 2. The van der Waals surface area contributed by atoms with Gasteiger partial charge in [-0.15, -0.1) is 0 Å². The zero-order valence-electron chi connectivity index (χ0n) is 13.0. The minimum atomic E-state index is -0.483. The highest BCUT2D eigenvalue weighted by Gasteiger charge is 2.25. The largest absolute Gasteiger partial charge is 0.444 e. The lowest BCUT2D eigenvalue weighted by atomic mass is 10.2. The molecular formula is C14H23N5O2. The Morgan fingerprint density at radius 2 is 2.29 bits per heavy atom. The van der Waals surface area contributed by atoms with Gasteiger partial charge in [0.1, 0.15) is 11.4 Å². The quantitative estimate of drug-likeness (QED) is 0.869. The van der Waals surface area contributed by atoms with Crippen LogP contribution in [0.4, 0.5) is 4.79 Å². The van der Waals surface area contributed by atoms with E-state index in [4.69, 9.17) is 4.74 Å². The Morgan fingerprint density at radius 3 is 2.90 bits per heavy atom. The van der Waals surface area contributed by atoms with Gasteiger partial charge in [-0.3, -0.25) is 15.0 Å². The first-order valence-electron chi connectivity index (χ1n) is 7.11. The molecule has 1 amide bonds. The Morgan fingerprint density at radius 1 is 1.52 bits per heavy atom. The Balaban J connectivity index is 1.91. The summed E-state index contributed by atoms with van der Waals surface area (Å²) in [6.45, 7) is 9.23. The average Bonchev–Trinajstić information content (AvgIpc) is 2.91. The molecule has 1 aromatic heterocycles. The summed E-state index contributed by atoms with van der Waals surface area (Å²) < 4.78 is 5.39. The zero-order chi connectivity index (χ0) is 15.5. The number of aliphatic imine (C=N–C) groups is 1. The number of ether oxygens (including phenoxy) is 1. The fourth-order valence-electron chi connectivity index (χ4n) is 2.02. The van der Waals surface area contributed by atoms with E-state index < -0.39 is 5.60 Å². The van der Waals surface area contributed by atoms with Crippen molar-refractivity contribution in [2.24, 2.45) is 4.99 Å². The lowest BCUT2D eigenvalue weighted by molar-refractivity contribution is 0.0276. The molecule has 1 unspecified atom stereocenters. The van der Waals surface area contributed by atoms with Gasteiger partial charge in [0, 0.05) is 18.3 Å². The summed E-state index contributed by atoms with van der Waals surface area (Å²) in [4.78, 5) is 18.2. The molecule has 0 aromatic carbocycles. The van der Waals surface area contributed by atoms with Crippen LogP contribution in [0, 0.1) is 0 Å². The predicted molar refractivity (Wildman–Crippen MR) is 80.2 cm³/mol. The number of rotatable bonds is 2. The van der Waals surface area contributed by atoms with Crippen molar-refractivity contribution in [1.29, 1.82) is 0 Å². The van der Waals surface area contributed by atoms with Crippen LogP contribution in [0.1, 0.15) is 39.3 Å². The monoisotopic (exact) mass is 293 g/mol. The van der Waals surface area contributed by atoms with Crippen LogP contribution in [-0.4, -0.2) is 52.3 Å². The molecule has 116 valence electrons. The van der Waals surface area contributed by atoms with Crippen LogP contribution in [0.15, 0.2) is 17.4 Å². The molecule has 2 heterocycles. The molecule has 0 radical (unpaired) electrons. The average molecular weight is 293 g/mol. The summed E-state index contributed by atoms with van der Waals surface area (Å²) >= 11 is 0. The molecule has 2 rings (SSSR count). The van der Waals surface area contributed by atoms with Crippen LogP contribution in [0.25, 0.3) is 0 Å². The molecule has 0 bridgehead atoms. The normalized spacial score (nSPS) is 17.1. The number of amidine groups is 1. The van der Waals surface area contributed by atoms with Crippen molar-refractivity contribution in [1.82, 2.24) is 20.4 Å². The highest BCUT2D eigenvalue weighted by molar-refractivity contribution is 5.88. The van der Waals surface area contributed by atoms with Gasteiger partial charge in [0.15, 0.2) is 0 Å². The van der Waals surface area contributed by atoms with E-state index in [0.29, 0.717) is 19.6 Å². The predicted octanol–water partition coefficient (Wildman–Crippen LogP) is 1.71. The van der Waals surface area contributed by atoms with Crippen LogP contribution in [0.3, 0.4) is 0 Å². The van der Waals surface area contributed by atoms with Gasteiger partial charge in [0.05, 0.1) is 25.3 Å². The molecule has 0 aliphatic carbocycles. The first kappa shape index (κ1) is 15.3. The van der Waals surface area contributed by atoms with Crippen molar-refractivity contribution in [2.75, 3.05) is 19.6 Å². The van der Waals surface area contributed by atoms with Crippen molar-refractivity contribution in [2.45, 2.75) is 39.3 Å². The van der Waals surface area contributed by atoms with E-state index in [-0.39, 0.29) is 12.1 Å². The number of carbonyl (C=O) groups is 1. The minimum absolute atomic E-state index is 0.0843. The van der Waals surface area contributed by atoms with Crippen LogP contribution in [0.5, 0.6) is 0 Å². The zero-order valence-corrected chi connectivity index (χ0v) is 13.0. The van der Waals surface area contributed by atoms with Crippen molar-refractivity contribution in [3.05, 3.63) is 18.0 Å².